The number of amides is 2. The van der Waals surface area contributed by atoms with Crippen molar-refractivity contribution in [1.29, 1.82) is 0 Å². The van der Waals surface area contributed by atoms with Gasteiger partial charge in [-0.3, -0.25) is 13.9 Å². The molecule has 0 bridgehead atoms. The van der Waals surface area contributed by atoms with Crippen LogP contribution in [-0.4, -0.2) is 26.8 Å². The van der Waals surface area contributed by atoms with Crippen molar-refractivity contribution in [2.24, 2.45) is 0 Å². The molecule has 0 saturated carbocycles. The summed E-state index contributed by atoms with van der Waals surface area (Å²) in [6.07, 6.45) is 0. The van der Waals surface area contributed by atoms with Gasteiger partial charge in [-0.25, -0.2) is 8.42 Å². The van der Waals surface area contributed by atoms with Gasteiger partial charge in [0.25, 0.3) is 10.0 Å². The Hall–Kier alpha value is -3.39. The molecule has 2 amide bonds. The van der Waals surface area contributed by atoms with Crippen LogP contribution < -0.4 is 14.9 Å². The van der Waals surface area contributed by atoms with Gasteiger partial charge in [0.15, 0.2) is 0 Å². The van der Waals surface area contributed by atoms with E-state index in [4.69, 9.17) is 0 Å². The molecule has 4 rings (SSSR count). The SMILES string of the molecule is CC(=O)Nc1ccc(C)cc1NC(=O)CN1c2cccc3cccc(c23)S1(=O)=O. The molecule has 3 aromatic rings. The monoisotopic (exact) mass is 409 g/mol. The number of hydrogen-bond donors (Lipinski definition) is 2. The topological polar surface area (TPSA) is 95.6 Å². The van der Waals surface area contributed by atoms with E-state index >= 15 is 0 Å². The van der Waals surface area contributed by atoms with Crippen LogP contribution in [0.1, 0.15) is 12.5 Å². The fourth-order valence-electron chi connectivity index (χ4n) is 3.51. The van der Waals surface area contributed by atoms with Crippen LogP contribution in [0.5, 0.6) is 0 Å². The minimum atomic E-state index is -3.82. The van der Waals surface area contributed by atoms with Gasteiger partial charge < -0.3 is 10.6 Å². The number of carbonyl (C=O) groups is 2. The number of anilines is 3. The third kappa shape index (κ3) is 3.31. The van der Waals surface area contributed by atoms with E-state index in [1.54, 1.807) is 36.4 Å². The number of nitrogens with one attached hydrogen (secondary N) is 2. The van der Waals surface area contributed by atoms with Crippen molar-refractivity contribution in [2.75, 3.05) is 21.5 Å². The molecule has 29 heavy (non-hydrogen) atoms. The van der Waals surface area contributed by atoms with Crippen molar-refractivity contribution < 1.29 is 18.0 Å². The summed E-state index contributed by atoms with van der Waals surface area (Å²) < 4.78 is 27.1. The van der Waals surface area contributed by atoms with Crippen LogP contribution in [0.15, 0.2) is 59.5 Å². The molecule has 0 atom stereocenters. The van der Waals surface area contributed by atoms with Crippen molar-refractivity contribution in [3.63, 3.8) is 0 Å². The van der Waals surface area contributed by atoms with Gasteiger partial charge in [0.05, 0.1) is 22.0 Å². The second kappa shape index (κ2) is 6.89. The Morgan fingerprint density at radius 3 is 2.41 bits per heavy atom. The number of carbonyl (C=O) groups excluding carboxylic acids is 2. The Labute approximate surface area is 168 Å². The zero-order chi connectivity index (χ0) is 20.8. The maximum Gasteiger partial charge on any atom is 0.265 e. The predicted molar refractivity (Wildman–Crippen MR) is 113 cm³/mol. The van der Waals surface area contributed by atoms with Crippen LogP contribution >= 0.6 is 0 Å². The molecule has 0 aromatic heterocycles. The Morgan fingerprint density at radius 2 is 1.69 bits per heavy atom. The summed E-state index contributed by atoms with van der Waals surface area (Å²) in [5.74, 6) is -0.774. The van der Waals surface area contributed by atoms with Gasteiger partial charge in [0.1, 0.15) is 6.54 Å². The standard InChI is InChI=1S/C21H19N3O4S/c1-13-9-10-16(22-14(2)25)17(11-13)23-20(26)12-24-18-7-3-5-15-6-4-8-19(21(15)18)29(24,27)28/h3-11H,12H2,1-2H3,(H,22,25)(H,23,26). The highest BCUT2D eigenvalue weighted by molar-refractivity contribution is 7.93. The highest BCUT2D eigenvalue weighted by Gasteiger charge is 2.36. The number of rotatable bonds is 4. The maximum absolute atomic E-state index is 13.0. The first-order valence-corrected chi connectivity index (χ1v) is 10.4. The van der Waals surface area contributed by atoms with Gasteiger partial charge in [-0.1, -0.05) is 30.3 Å². The molecular weight excluding hydrogens is 390 g/mol. The molecule has 1 aliphatic heterocycles. The molecule has 148 valence electrons. The molecule has 3 aromatic carbocycles. The largest absolute Gasteiger partial charge is 0.325 e. The fourth-order valence-corrected chi connectivity index (χ4v) is 5.18. The lowest BCUT2D eigenvalue weighted by Crippen LogP contribution is -2.35. The van der Waals surface area contributed by atoms with Gasteiger partial charge in [-0.2, -0.15) is 0 Å². The number of benzene rings is 3. The Bertz CT molecular complexity index is 1260. The highest BCUT2D eigenvalue weighted by atomic mass is 32.2. The lowest BCUT2D eigenvalue weighted by molar-refractivity contribution is -0.115. The van der Waals surface area contributed by atoms with E-state index in [0.717, 1.165) is 15.3 Å². The molecule has 0 radical (unpaired) electrons. The average molecular weight is 409 g/mol. The van der Waals surface area contributed by atoms with Crippen LogP contribution in [-0.2, 0) is 19.6 Å². The summed E-state index contributed by atoms with van der Waals surface area (Å²) in [7, 11) is -3.82. The predicted octanol–water partition coefficient (Wildman–Crippen LogP) is 3.25. The molecule has 0 spiro atoms. The van der Waals surface area contributed by atoms with Gasteiger partial charge in [0, 0.05) is 12.3 Å². The normalized spacial score (nSPS) is 14.1. The smallest absolute Gasteiger partial charge is 0.265 e. The molecule has 8 heteroatoms. The van der Waals surface area contributed by atoms with Crippen LogP contribution in [0, 0.1) is 6.92 Å². The maximum atomic E-state index is 13.0. The third-order valence-corrected chi connectivity index (χ3v) is 6.53. The molecule has 0 fully saturated rings. The van der Waals surface area contributed by atoms with Gasteiger partial charge in [0.2, 0.25) is 11.8 Å². The third-order valence-electron chi connectivity index (χ3n) is 4.73. The van der Waals surface area contributed by atoms with Gasteiger partial charge in [-0.15, -0.1) is 0 Å². The average Bonchev–Trinajstić information content (AvgIpc) is 2.87. The van der Waals surface area contributed by atoms with Crippen LogP contribution in [0.2, 0.25) is 0 Å². The van der Waals surface area contributed by atoms with E-state index in [2.05, 4.69) is 10.6 Å². The summed E-state index contributed by atoms with van der Waals surface area (Å²) in [6, 6.07) is 15.6. The van der Waals surface area contributed by atoms with Gasteiger partial charge >= 0.3 is 0 Å². The first-order chi connectivity index (χ1) is 13.8. The van der Waals surface area contributed by atoms with Crippen molar-refractivity contribution in [3.05, 3.63) is 60.2 Å². The molecule has 7 nitrogen and oxygen atoms in total. The van der Waals surface area contributed by atoms with Gasteiger partial charge in [-0.05, 0) is 42.1 Å². The quantitative estimate of drug-likeness (QED) is 0.691. The minimum absolute atomic E-state index is 0.202. The zero-order valence-electron chi connectivity index (χ0n) is 15.9. The van der Waals surface area contributed by atoms with E-state index < -0.39 is 15.9 Å². The molecule has 0 aliphatic carbocycles. The summed E-state index contributed by atoms with van der Waals surface area (Å²) in [5, 5.41) is 6.81. The lowest BCUT2D eigenvalue weighted by Gasteiger charge is -2.19. The Kier molecular flexibility index (Phi) is 4.50. The number of hydrogen-bond acceptors (Lipinski definition) is 4. The highest BCUT2D eigenvalue weighted by Crippen LogP contribution is 2.41. The van der Waals surface area contributed by atoms with E-state index in [1.165, 1.54) is 6.92 Å². The first-order valence-electron chi connectivity index (χ1n) is 9.00. The zero-order valence-corrected chi connectivity index (χ0v) is 16.7. The van der Waals surface area contributed by atoms with E-state index in [9.17, 15) is 18.0 Å². The summed E-state index contributed by atoms with van der Waals surface area (Å²) in [6.45, 7) is 2.86. The van der Waals surface area contributed by atoms with Crippen molar-refractivity contribution in [1.82, 2.24) is 0 Å². The van der Waals surface area contributed by atoms with Crippen molar-refractivity contribution in [3.8, 4) is 0 Å². The molecular formula is C21H19N3O4S. The van der Waals surface area contributed by atoms with Crippen molar-refractivity contribution in [2.45, 2.75) is 18.7 Å². The molecule has 1 aliphatic rings. The molecule has 1 heterocycles. The lowest BCUT2D eigenvalue weighted by atomic mass is 10.1. The summed E-state index contributed by atoms with van der Waals surface area (Å²) in [5.41, 5.74) is 2.24. The Balaban J connectivity index is 1.65. The molecule has 0 unspecified atom stereocenters. The second-order valence-electron chi connectivity index (χ2n) is 6.92. The molecule has 2 N–H and O–H groups in total. The van der Waals surface area contributed by atoms with E-state index in [1.807, 2.05) is 25.1 Å². The summed E-state index contributed by atoms with van der Waals surface area (Å²) in [4.78, 5) is 24.4. The number of aryl methyl sites for hydroxylation is 1. The van der Waals surface area contributed by atoms with Crippen LogP contribution in [0.4, 0.5) is 17.1 Å². The second-order valence-corrected chi connectivity index (χ2v) is 8.75. The summed E-state index contributed by atoms with van der Waals surface area (Å²) >= 11 is 0. The van der Waals surface area contributed by atoms with E-state index in [-0.39, 0.29) is 17.3 Å². The fraction of sp³-hybridized carbons (Fsp3) is 0.143. The van der Waals surface area contributed by atoms with Crippen LogP contribution in [0.3, 0.4) is 0 Å². The Morgan fingerprint density at radius 1 is 0.966 bits per heavy atom. The first kappa shape index (κ1) is 18.9. The number of sulfonamides is 1. The van der Waals surface area contributed by atoms with Crippen molar-refractivity contribution >= 4 is 49.7 Å². The van der Waals surface area contributed by atoms with Crippen LogP contribution in [0.25, 0.3) is 10.8 Å². The van der Waals surface area contributed by atoms with E-state index in [0.29, 0.717) is 22.4 Å². The number of nitrogens with zero attached hydrogens (tertiary/aromatic N) is 1. The molecule has 0 saturated heterocycles. The minimum Gasteiger partial charge on any atom is -0.325 e.